The van der Waals surface area contributed by atoms with E-state index in [-0.39, 0.29) is 0 Å². The smallest absolute Gasteiger partial charge is 0.137 e. The molecule has 1 aromatic heterocycles. The zero-order chi connectivity index (χ0) is 13.1. The zero-order valence-corrected chi connectivity index (χ0v) is 12.7. The standard InChI is InChI=1S/C13H20ClN3S/c1-4-18-11-7-5-6-10(11)17-13-8(2)12(14)15-9(3)16-13/h10-11H,4-7H2,1-3H3,(H,15,16,17). The maximum atomic E-state index is 6.11. The Morgan fingerprint density at radius 2 is 2.11 bits per heavy atom. The summed E-state index contributed by atoms with van der Waals surface area (Å²) < 4.78 is 0. The number of aromatic nitrogens is 2. The second-order valence-corrected chi connectivity index (χ2v) is 6.58. The molecule has 1 aromatic rings. The highest BCUT2D eigenvalue weighted by atomic mass is 35.5. The van der Waals surface area contributed by atoms with Crippen molar-refractivity contribution in [1.29, 1.82) is 0 Å². The molecule has 100 valence electrons. The second-order valence-electron chi connectivity index (χ2n) is 4.71. The van der Waals surface area contributed by atoms with Crippen LogP contribution in [0.1, 0.15) is 37.6 Å². The van der Waals surface area contributed by atoms with Gasteiger partial charge < -0.3 is 5.32 Å². The highest BCUT2D eigenvalue weighted by molar-refractivity contribution is 7.99. The Balaban J connectivity index is 2.13. The molecule has 1 heterocycles. The van der Waals surface area contributed by atoms with Crippen molar-refractivity contribution in [1.82, 2.24) is 9.97 Å². The SMILES string of the molecule is CCSC1CCCC1Nc1nc(C)nc(Cl)c1C. The summed E-state index contributed by atoms with van der Waals surface area (Å²) in [6, 6.07) is 0.513. The van der Waals surface area contributed by atoms with Gasteiger partial charge in [-0.05, 0) is 32.4 Å². The van der Waals surface area contributed by atoms with Gasteiger partial charge in [-0.25, -0.2) is 9.97 Å². The average molecular weight is 286 g/mol. The van der Waals surface area contributed by atoms with E-state index in [1.807, 2.05) is 25.6 Å². The Bertz CT molecular complexity index is 425. The minimum atomic E-state index is 0.513. The number of nitrogens with one attached hydrogen (secondary N) is 1. The lowest BCUT2D eigenvalue weighted by Gasteiger charge is -2.22. The summed E-state index contributed by atoms with van der Waals surface area (Å²) in [5.74, 6) is 2.80. The molecular weight excluding hydrogens is 266 g/mol. The summed E-state index contributed by atoms with van der Waals surface area (Å²) in [5.41, 5.74) is 0.953. The summed E-state index contributed by atoms with van der Waals surface area (Å²) in [5, 5.41) is 4.82. The van der Waals surface area contributed by atoms with Crippen molar-refractivity contribution in [2.75, 3.05) is 11.1 Å². The Morgan fingerprint density at radius 3 is 2.83 bits per heavy atom. The summed E-state index contributed by atoms with van der Waals surface area (Å²) in [6.07, 6.45) is 3.82. The summed E-state index contributed by atoms with van der Waals surface area (Å²) in [7, 11) is 0. The molecular formula is C13H20ClN3S. The normalized spacial score (nSPS) is 23.3. The van der Waals surface area contributed by atoms with Crippen molar-refractivity contribution in [3.63, 3.8) is 0 Å². The highest BCUT2D eigenvalue weighted by Crippen LogP contribution is 2.32. The number of nitrogens with zero attached hydrogens (tertiary/aromatic N) is 2. The van der Waals surface area contributed by atoms with Crippen molar-refractivity contribution in [2.45, 2.75) is 51.3 Å². The number of hydrogen-bond donors (Lipinski definition) is 1. The first-order chi connectivity index (χ1) is 8.61. The molecule has 0 aromatic carbocycles. The molecule has 0 amide bonds. The monoisotopic (exact) mass is 285 g/mol. The van der Waals surface area contributed by atoms with Gasteiger partial charge in [-0.2, -0.15) is 11.8 Å². The van der Waals surface area contributed by atoms with Gasteiger partial charge in [0.15, 0.2) is 0 Å². The van der Waals surface area contributed by atoms with Crippen LogP contribution >= 0.6 is 23.4 Å². The first-order valence-electron chi connectivity index (χ1n) is 6.50. The van der Waals surface area contributed by atoms with Crippen LogP contribution in [0.25, 0.3) is 0 Å². The minimum absolute atomic E-state index is 0.513. The highest BCUT2D eigenvalue weighted by Gasteiger charge is 2.27. The Hall–Kier alpha value is -0.480. The fourth-order valence-electron chi connectivity index (χ4n) is 2.42. The van der Waals surface area contributed by atoms with E-state index >= 15 is 0 Å². The molecule has 1 N–H and O–H groups in total. The molecule has 5 heteroatoms. The van der Waals surface area contributed by atoms with Gasteiger partial charge in [0.25, 0.3) is 0 Å². The molecule has 0 saturated heterocycles. The Kier molecular flexibility index (Phi) is 4.73. The molecule has 1 saturated carbocycles. The lowest BCUT2D eigenvalue weighted by atomic mass is 10.2. The molecule has 3 nitrogen and oxygen atoms in total. The first-order valence-corrected chi connectivity index (χ1v) is 7.93. The van der Waals surface area contributed by atoms with E-state index in [9.17, 15) is 0 Å². The van der Waals surface area contributed by atoms with Gasteiger partial charge in [-0.3, -0.25) is 0 Å². The van der Waals surface area contributed by atoms with Crippen LogP contribution in [0.5, 0.6) is 0 Å². The third kappa shape index (κ3) is 3.09. The van der Waals surface area contributed by atoms with Gasteiger partial charge >= 0.3 is 0 Å². The van der Waals surface area contributed by atoms with E-state index in [0.717, 1.165) is 17.2 Å². The van der Waals surface area contributed by atoms with Gasteiger partial charge in [0.05, 0.1) is 0 Å². The topological polar surface area (TPSA) is 37.8 Å². The molecule has 1 aliphatic rings. The van der Waals surface area contributed by atoms with E-state index in [2.05, 4.69) is 22.2 Å². The van der Waals surface area contributed by atoms with E-state index in [0.29, 0.717) is 16.4 Å². The van der Waals surface area contributed by atoms with Gasteiger partial charge in [0.1, 0.15) is 16.8 Å². The summed E-state index contributed by atoms with van der Waals surface area (Å²) >= 11 is 8.15. The molecule has 1 fully saturated rings. The number of aryl methyl sites for hydroxylation is 1. The molecule has 0 bridgehead atoms. The molecule has 2 atom stereocenters. The fraction of sp³-hybridized carbons (Fsp3) is 0.692. The predicted molar refractivity (Wildman–Crippen MR) is 79.7 cm³/mol. The van der Waals surface area contributed by atoms with Crippen molar-refractivity contribution >= 4 is 29.2 Å². The number of thioether (sulfide) groups is 1. The van der Waals surface area contributed by atoms with E-state index in [1.54, 1.807) is 0 Å². The first kappa shape index (κ1) is 13.9. The third-order valence-electron chi connectivity index (χ3n) is 3.35. The molecule has 0 radical (unpaired) electrons. The molecule has 0 spiro atoms. The number of halogens is 1. The van der Waals surface area contributed by atoms with Crippen LogP contribution in [0, 0.1) is 13.8 Å². The maximum Gasteiger partial charge on any atom is 0.137 e. The number of anilines is 1. The van der Waals surface area contributed by atoms with Crippen molar-refractivity contribution in [3.8, 4) is 0 Å². The summed E-state index contributed by atoms with van der Waals surface area (Å²) in [4.78, 5) is 8.65. The molecule has 1 aliphatic carbocycles. The Morgan fingerprint density at radius 1 is 1.33 bits per heavy atom. The Labute approximate surface area is 118 Å². The fourth-order valence-corrected chi connectivity index (χ4v) is 3.82. The summed E-state index contributed by atoms with van der Waals surface area (Å²) in [6.45, 7) is 6.07. The van der Waals surface area contributed by atoms with E-state index in [1.165, 1.54) is 25.0 Å². The average Bonchev–Trinajstić information content (AvgIpc) is 2.73. The van der Waals surface area contributed by atoms with Gasteiger partial charge in [-0.15, -0.1) is 0 Å². The van der Waals surface area contributed by atoms with Crippen LogP contribution in [0.2, 0.25) is 5.15 Å². The molecule has 2 unspecified atom stereocenters. The minimum Gasteiger partial charge on any atom is -0.366 e. The quantitative estimate of drug-likeness (QED) is 0.853. The van der Waals surface area contributed by atoms with E-state index in [4.69, 9.17) is 11.6 Å². The predicted octanol–water partition coefficient (Wildman–Crippen LogP) is 3.83. The van der Waals surface area contributed by atoms with Gasteiger partial charge in [-0.1, -0.05) is 24.9 Å². The van der Waals surface area contributed by atoms with E-state index < -0.39 is 0 Å². The van der Waals surface area contributed by atoms with Crippen molar-refractivity contribution in [3.05, 3.63) is 16.5 Å². The number of rotatable bonds is 4. The van der Waals surface area contributed by atoms with Crippen molar-refractivity contribution in [2.24, 2.45) is 0 Å². The zero-order valence-electron chi connectivity index (χ0n) is 11.2. The van der Waals surface area contributed by atoms with Gasteiger partial charge in [0.2, 0.25) is 0 Å². The molecule has 0 aliphatic heterocycles. The third-order valence-corrected chi connectivity index (χ3v) is 5.05. The maximum absolute atomic E-state index is 6.11. The van der Waals surface area contributed by atoms with Crippen molar-refractivity contribution < 1.29 is 0 Å². The van der Waals surface area contributed by atoms with Crippen LogP contribution in [-0.2, 0) is 0 Å². The van der Waals surface area contributed by atoms with Crippen LogP contribution in [-0.4, -0.2) is 27.0 Å². The van der Waals surface area contributed by atoms with Crippen LogP contribution in [0.15, 0.2) is 0 Å². The second kappa shape index (κ2) is 6.11. The lowest BCUT2D eigenvalue weighted by molar-refractivity contribution is 0.758. The largest absolute Gasteiger partial charge is 0.366 e. The van der Waals surface area contributed by atoms with Crippen LogP contribution in [0.3, 0.4) is 0 Å². The molecule has 18 heavy (non-hydrogen) atoms. The molecule has 2 rings (SSSR count). The van der Waals surface area contributed by atoms with Crippen LogP contribution in [0.4, 0.5) is 5.82 Å². The lowest BCUT2D eigenvalue weighted by Crippen LogP contribution is -2.27. The van der Waals surface area contributed by atoms with Gasteiger partial charge in [0, 0.05) is 16.9 Å². The number of hydrogen-bond acceptors (Lipinski definition) is 4. The van der Waals surface area contributed by atoms with Crippen LogP contribution < -0.4 is 5.32 Å².